The number of amides is 1. The number of likely N-dealkylation sites (tertiary alicyclic amines) is 1. The number of hydrogen-bond acceptors (Lipinski definition) is 6. The highest BCUT2D eigenvalue weighted by molar-refractivity contribution is 7.09. The Morgan fingerprint density at radius 3 is 2.85 bits per heavy atom. The van der Waals surface area contributed by atoms with Crippen LogP contribution in [-0.2, 0) is 19.5 Å². The molecule has 0 radical (unpaired) electrons. The van der Waals surface area contributed by atoms with Gasteiger partial charge in [-0.05, 0) is 50.6 Å². The van der Waals surface area contributed by atoms with E-state index in [1.807, 2.05) is 11.6 Å². The van der Waals surface area contributed by atoms with Crippen LogP contribution in [0.25, 0.3) is 0 Å². The molecular formula is C18H24N6OS. The van der Waals surface area contributed by atoms with Gasteiger partial charge in [-0.1, -0.05) is 0 Å². The van der Waals surface area contributed by atoms with Gasteiger partial charge in [-0.3, -0.25) is 9.69 Å². The molecule has 7 nitrogen and oxygen atoms in total. The summed E-state index contributed by atoms with van der Waals surface area (Å²) in [4.78, 5) is 19.4. The number of rotatable bonds is 4. The van der Waals surface area contributed by atoms with E-state index in [0.29, 0.717) is 11.9 Å². The van der Waals surface area contributed by atoms with Crippen LogP contribution in [0, 0.1) is 5.41 Å². The van der Waals surface area contributed by atoms with Crippen molar-refractivity contribution >= 4 is 17.2 Å². The van der Waals surface area contributed by atoms with Crippen molar-refractivity contribution in [3.8, 4) is 0 Å². The number of carbonyl (C=O) groups is 1. The van der Waals surface area contributed by atoms with E-state index < -0.39 is 0 Å². The molecule has 5 rings (SSSR count). The fourth-order valence-corrected chi connectivity index (χ4v) is 4.90. The standard InChI is InChI=1S/C18H24N6OS/c25-17(20-13-1-2-13)16-22-21-14-3-4-18(12-24(14)16)5-8-23(9-6-18)11-15-19-7-10-26-15/h7,10,13H,1-6,8-9,11-12H2,(H,20,25). The lowest BCUT2D eigenvalue weighted by Gasteiger charge is -2.44. The topological polar surface area (TPSA) is 75.9 Å². The molecule has 1 saturated carbocycles. The highest BCUT2D eigenvalue weighted by atomic mass is 32.1. The van der Waals surface area contributed by atoms with Gasteiger partial charge < -0.3 is 9.88 Å². The van der Waals surface area contributed by atoms with Gasteiger partial charge in [-0.15, -0.1) is 21.5 Å². The normalized spacial score (nSPS) is 22.3. The predicted molar refractivity (Wildman–Crippen MR) is 97.9 cm³/mol. The van der Waals surface area contributed by atoms with Gasteiger partial charge in [0.1, 0.15) is 10.8 Å². The van der Waals surface area contributed by atoms with E-state index in [9.17, 15) is 4.79 Å². The van der Waals surface area contributed by atoms with Gasteiger partial charge in [0.15, 0.2) is 0 Å². The molecule has 0 bridgehead atoms. The Morgan fingerprint density at radius 2 is 2.12 bits per heavy atom. The molecule has 1 N–H and O–H groups in total. The van der Waals surface area contributed by atoms with Gasteiger partial charge in [0.2, 0.25) is 5.82 Å². The minimum absolute atomic E-state index is 0.0514. The summed E-state index contributed by atoms with van der Waals surface area (Å²) in [5.41, 5.74) is 0.281. The quantitative estimate of drug-likeness (QED) is 0.886. The number of aryl methyl sites for hydroxylation is 1. The maximum Gasteiger partial charge on any atom is 0.289 e. The minimum Gasteiger partial charge on any atom is -0.347 e. The molecule has 138 valence electrons. The third-order valence-corrected chi connectivity index (χ3v) is 6.84. The molecule has 2 aromatic rings. The fourth-order valence-electron chi connectivity index (χ4n) is 4.24. The van der Waals surface area contributed by atoms with E-state index in [1.165, 1.54) is 17.8 Å². The van der Waals surface area contributed by atoms with Crippen LogP contribution < -0.4 is 5.32 Å². The Hall–Kier alpha value is -1.80. The second-order valence-electron chi connectivity index (χ2n) is 7.98. The van der Waals surface area contributed by atoms with E-state index >= 15 is 0 Å². The molecule has 1 aliphatic carbocycles. The SMILES string of the molecule is O=C(NC1CC1)c1nnc2n1CC1(CC2)CCN(Cc2nccs2)CC1. The van der Waals surface area contributed by atoms with Crippen molar-refractivity contribution in [2.75, 3.05) is 13.1 Å². The summed E-state index contributed by atoms with van der Waals surface area (Å²) in [6, 6.07) is 0.349. The molecule has 0 unspecified atom stereocenters. The van der Waals surface area contributed by atoms with Gasteiger partial charge in [-0.2, -0.15) is 0 Å². The van der Waals surface area contributed by atoms with Crippen LogP contribution in [0.3, 0.4) is 0 Å². The second kappa shape index (κ2) is 6.42. The summed E-state index contributed by atoms with van der Waals surface area (Å²) in [5.74, 6) is 1.43. The van der Waals surface area contributed by atoms with E-state index in [2.05, 4.69) is 30.0 Å². The molecule has 8 heteroatoms. The van der Waals surface area contributed by atoms with Crippen molar-refractivity contribution in [1.82, 2.24) is 30.0 Å². The van der Waals surface area contributed by atoms with E-state index in [0.717, 1.165) is 57.7 Å². The lowest BCUT2D eigenvalue weighted by molar-refractivity contribution is 0.0617. The van der Waals surface area contributed by atoms with Crippen molar-refractivity contribution in [3.05, 3.63) is 28.2 Å². The molecule has 26 heavy (non-hydrogen) atoms. The molecule has 3 aliphatic rings. The van der Waals surface area contributed by atoms with Gasteiger partial charge in [0, 0.05) is 30.6 Å². The van der Waals surface area contributed by atoms with Crippen molar-refractivity contribution in [1.29, 1.82) is 0 Å². The Labute approximate surface area is 156 Å². The summed E-state index contributed by atoms with van der Waals surface area (Å²) >= 11 is 1.73. The number of hydrogen-bond donors (Lipinski definition) is 1. The molecule has 2 aromatic heterocycles. The van der Waals surface area contributed by atoms with Gasteiger partial charge in [-0.25, -0.2) is 4.98 Å². The van der Waals surface area contributed by atoms with Crippen molar-refractivity contribution in [3.63, 3.8) is 0 Å². The van der Waals surface area contributed by atoms with Crippen molar-refractivity contribution in [2.24, 2.45) is 5.41 Å². The number of fused-ring (bicyclic) bond motifs is 1. The highest BCUT2D eigenvalue weighted by Gasteiger charge is 2.40. The molecule has 1 saturated heterocycles. The molecule has 4 heterocycles. The van der Waals surface area contributed by atoms with Crippen LogP contribution in [0.1, 0.15) is 53.6 Å². The van der Waals surface area contributed by atoms with Gasteiger partial charge >= 0.3 is 0 Å². The summed E-state index contributed by atoms with van der Waals surface area (Å²) in [6.45, 7) is 4.04. The van der Waals surface area contributed by atoms with E-state index in [1.54, 1.807) is 11.3 Å². The number of aromatic nitrogens is 4. The number of piperidine rings is 1. The van der Waals surface area contributed by atoms with E-state index in [-0.39, 0.29) is 11.3 Å². The molecular weight excluding hydrogens is 348 g/mol. The predicted octanol–water partition coefficient (Wildman–Crippen LogP) is 1.86. The first kappa shape index (κ1) is 16.4. The summed E-state index contributed by atoms with van der Waals surface area (Å²) in [6.07, 6.45) is 8.47. The zero-order valence-corrected chi connectivity index (χ0v) is 15.7. The molecule has 0 aromatic carbocycles. The Bertz CT molecular complexity index is 789. The number of thiazole rings is 1. The van der Waals surface area contributed by atoms with Crippen molar-refractivity contribution < 1.29 is 4.79 Å². The summed E-state index contributed by atoms with van der Waals surface area (Å²) < 4.78 is 2.09. The lowest BCUT2D eigenvalue weighted by Crippen LogP contribution is -2.44. The van der Waals surface area contributed by atoms with Crippen LogP contribution in [-0.4, -0.2) is 49.7 Å². The average molecular weight is 372 g/mol. The fraction of sp³-hybridized carbons (Fsp3) is 0.667. The van der Waals surface area contributed by atoms with Crippen LogP contribution in [0.15, 0.2) is 11.6 Å². The zero-order valence-electron chi connectivity index (χ0n) is 14.9. The Morgan fingerprint density at radius 1 is 1.27 bits per heavy atom. The van der Waals surface area contributed by atoms with E-state index in [4.69, 9.17) is 0 Å². The monoisotopic (exact) mass is 372 g/mol. The van der Waals surface area contributed by atoms with Crippen LogP contribution in [0.4, 0.5) is 0 Å². The summed E-state index contributed by atoms with van der Waals surface area (Å²) in [5, 5.41) is 14.8. The van der Waals surface area contributed by atoms with Gasteiger partial charge in [0.05, 0.1) is 6.54 Å². The molecule has 1 amide bonds. The second-order valence-corrected chi connectivity index (χ2v) is 8.95. The minimum atomic E-state index is -0.0514. The van der Waals surface area contributed by atoms with Crippen LogP contribution in [0.5, 0.6) is 0 Å². The molecule has 1 spiro atoms. The molecule has 2 aliphatic heterocycles. The summed E-state index contributed by atoms with van der Waals surface area (Å²) in [7, 11) is 0. The lowest BCUT2D eigenvalue weighted by atomic mass is 9.73. The maximum atomic E-state index is 12.5. The zero-order chi connectivity index (χ0) is 17.6. The first-order valence-electron chi connectivity index (χ1n) is 9.54. The van der Waals surface area contributed by atoms with Crippen molar-refractivity contribution in [2.45, 2.75) is 57.7 Å². The number of nitrogens with one attached hydrogen (secondary N) is 1. The largest absolute Gasteiger partial charge is 0.347 e. The Balaban J connectivity index is 1.26. The number of nitrogens with zero attached hydrogens (tertiary/aromatic N) is 5. The maximum absolute atomic E-state index is 12.5. The van der Waals surface area contributed by atoms with Gasteiger partial charge in [0.25, 0.3) is 5.91 Å². The first-order chi connectivity index (χ1) is 12.7. The first-order valence-corrected chi connectivity index (χ1v) is 10.4. The Kier molecular flexibility index (Phi) is 4.04. The molecule has 2 fully saturated rings. The highest BCUT2D eigenvalue weighted by Crippen LogP contribution is 2.41. The smallest absolute Gasteiger partial charge is 0.289 e. The third-order valence-electron chi connectivity index (χ3n) is 6.07. The molecule has 0 atom stereocenters. The number of carbonyl (C=O) groups excluding carboxylic acids is 1. The van der Waals surface area contributed by atoms with Crippen LogP contribution >= 0.6 is 11.3 Å². The third kappa shape index (κ3) is 3.16. The van der Waals surface area contributed by atoms with Crippen LogP contribution in [0.2, 0.25) is 0 Å². The average Bonchev–Trinajstić information content (AvgIpc) is 3.15.